The number of benzene rings is 1. The molecule has 0 unspecified atom stereocenters. The predicted octanol–water partition coefficient (Wildman–Crippen LogP) is 5.09. The number of aromatic nitrogens is 1. The normalized spacial score (nSPS) is 13.1. The second kappa shape index (κ2) is 7.60. The lowest BCUT2D eigenvalue weighted by Crippen LogP contribution is -2.26. The zero-order chi connectivity index (χ0) is 18.9. The number of sulfonamides is 1. The quantitative estimate of drug-likeness (QED) is 0.620. The number of nitrogens with zero attached hydrogens (tertiary/aromatic N) is 1. The number of rotatable bonds is 6. The lowest BCUT2D eigenvalue weighted by molar-refractivity contribution is 0.568. The topological polar surface area (TPSA) is 59.1 Å². The molecule has 1 N–H and O–H groups in total. The maximum absolute atomic E-state index is 12.8. The fraction of sp³-hybridized carbons (Fsp3) is 0.316. The van der Waals surface area contributed by atoms with E-state index in [0.29, 0.717) is 4.21 Å². The molecule has 3 rings (SSSR count). The highest BCUT2D eigenvalue weighted by Gasteiger charge is 2.22. The van der Waals surface area contributed by atoms with E-state index in [1.807, 2.05) is 44.4 Å². The maximum Gasteiger partial charge on any atom is 0.250 e. The van der Waals surface area contributed by atoms with Crippen LogP contribution >= 0.6 is 22.7 Å². The second-order valence-electron chi connectivity index (χ2n) is 6.32. The van der Waals surface area contributed by atoms with E-state index in [1.54, 1.807) is 17.4 Å². The SMILES string of the molecule is CCc1csc(-c2ccc(S(=O)(=O)N[C@@H](C)c3ccc(C)cc3C)s2)n1. The molecule has 1 aromatic carbocycles. The number of hydrogen-bond donors (Lipinski definition) is 1. The van der Waals surface area contributed by atoms with Crippen LogP contribution in [0.4, 0.5) is 0 Å². The molecule has 0 bridgehead atoms. The third-order valence-electron chi connectivity index (χ3n) is 4.19. The number of hydrogen-bond acceptors (Lipinski definition) is 5. The van der Waals surface area contributed by atoms with Crippen LogP contribution in [0, 0.1) is 13.8 Å². The van der Waals surface area contributed by atoms with E-state index in [0.717, 1.165) is 33.1 Å². The highest BCUT2D eigenvalue weighted by molar-refractivity contribution is 7.91. The van der Waals surface area contributed by atoms with Gasteiger partial charge < -0.3 is 0 Å². The summed E-state index contributed by atoms with van der Waals surface area (Å²) in [7, 11) is -3.58. The molecule has 0 aliphatic heterocycles. The smallest absolute Gasteiger partial charge is 0.240 e. The molecule has 0 fully saturated rings. The van der Waals surface area contributed by atoms with Crippen molar-refractivity contribution >= 4 is 32.7 Å². The molecule has 3 aromatic rings. The van der Waals surface area contributed by atoms with Crippen LogP contribution < -0.4 is 4.72 Å². The first-order chi connectivity index (χ1) is 12.3. The zero-order valence-electron chi connectivity index (χ0n) is 15.2. The zero-order valence-corrected chi connectivity index (χ0v) is 17.7. The first kappa shape index (κ1) is 19.2. The van der Waals surface area contributed by atoms with Crippen LogP contribution in [0.1, 0.15) is 42.3 Å². The van der Waals surface area contributed by atoms with E-state index in [-0.39, 0.29) is 6.04 Å². The molecule has 26 heavy (non-hydrogen) atoms. The van der Waals surface area contributed by atoms with Crippen LogP contribution in [-0.4, -0.2) is 13.4 Å². The van der Waals surface area contributed by atoms with Gasteiger partial charge in [0.15, 0.2) is 0 Å². The minimum atomic E-state index is -3.58. The molecule has 4 nitrogen and oxygen atoms in total. The molecule has 138 valence electrons. The molecule has 7 heteroatoms. The van der Waals surface area contributed by atoms with Gasteiger partial charge in [-0.3, -0.25) is 0 Å². The van der Waals surface area contributed by atoms with Gasteiger partial charge >= 0.3 is 0 Å². The average Bonchev–Trinajstić information content (AvgIpc) is 3.23. The van der Waals surface area contributed by atoms with Crippen molar-refractivity contribution in [1.29, 1.82) is 0 Å². The van der Waals surface area contributed by atoms with Crippen molar-refractivity contribution < 1.29 is 8.42 Å². The highest BCUT2D eigenvalue weighted by atomic mass is 32.2. The molecule has 0 aliphatic carbocycles. The fourth-order valence-corrected chi connectivity index (χ4v) is 6.35. The third-order valence-corrected chi connectivity index (χ3v) is 8.37. The number of nitrogens with one attached hydrogen (secondary N) is 1. The van der Waals surface area contributed by atoms with Gasteiger partial charge in [0.25, 0.3) is 10.0 Å². The molecule has 0 spiro atoms. The Morgan fingerprint density at radius 3 is 2.62 bits per heavy atom. The van der Waals surface area contributed by atoms with E-state index < -0.39 is 10.0 Å². The van der Waals surface area contributed by atoms with Gasteiger partial charge in [0.1, 0.15) is 9.22 Å². The molecule has 0 amide bonds. The Morgan fingerprint density at radius 2 is 1.96 bits per heavy atom. The van der Waals surface area contributed by atoms with Gasteiger partial charge in [0.05, 0.1) is 10.6 Å². The van der Waals surface area contributed by atoms with Crippen LogP contribution in [0.25, 0.3) is 9.88 Å². The van der Waals surface area contributed by atoms with E-state index in [9.17, 15) is 8.42 Å². The summed E-state index contributed by atoms with van der Waals surface area (Å²) in [5, 5.41) is 2.89. The van der Waals surface area contributed by atoms with Crippen LogP contribution in [0.5, 0.6) is 0 Å². The monoisotopic (exact) mass is 406 g/mol. The summed E-state index contributed by atoms with van der Waals surface area (Å²) >= 11 is 2.81. The maximum atomic E-state index is 12.8. The van der Waals surface area contributed by atoms with Crippen LogP contribution in [0.2, 0.25) is 0 Å². The Hall–Kier alpha value is -1.54. The van der Waals surface area contributed by atoms with E-state index in [4.69, 9.17) is 0 Å². The average molecular weight is 407 g/mol. The summed E-state index contributed by atoms with van der Waals surface area (Å²) in [5.41, 5.74) is 4.27. The van der Waals surface area contributed by atoms with E-state index in [2.05, 4.69) is 22.7 Å². The summed E-state index contributed by atoms with van der Waals surface area (Å²) < 4.78 is 28.7. The van der Waals surface area contributed by atoms with Gasteiger partial charge in [-0.05, 0) is 50.5 Å². The molecule has 2 aromatic heterocycles. The van der Waals surface area contributed by atoms with Crippen molar-refractivity contribution in [3.05, 3.63) is 58.1 Å². The standard InChI is InChI=1S/C19H22N2O2S3/c1-5-15-11-24-19(20-15)17-8-9-18(25-17)26(22,23)21-14(4)16-7-6-12(2)10-13(16)3/h6-11,14,21H,5H2,1-4H3/t14-/m0/s1. The van der Waals surface area contributed by atoms with Crippen LogP contribution in [0.3, 0.4) is 0 Å². The van der Waals surface area contributed by atoms with Crippen molar-refractivity contribution in [3.63, 3.8) is 0 Å². The lowest BCUT2D eigenvalue weighted by atomic mass is 10.0. The molecular weight excluding hydrogens is 384 g/mol. The molecule has 0 saturated heterocycles. The van der Waals surface area contributed by atoms with Gasteiger partial charge in [-0.2, -0.15) is 0 Å². The molecule has 0 radical (unpaired) electrons. The molecular formula is C19H22N2O2S3. The Morgan fingerprint density at radius 1 is 1.19 bits per heavy atom. The van der Waals surface area contributed by atoms with Gasteiger partial charge in [-0.1, -0.05) is 30.7 Å². The second-order valence-corrected chi connectivity index (χ2v) is 10.2. The molecule has 2 heterocycles. The van der Waals surface area contributed by atoms with E-state index >= 15 is 0 Å². The van der Waals surface area contributed by atoms with Crippen LogP contribution in [0.15, 0.2) is 39.9 Å². The van der Waals surface area contributed by atoms with Crippen molar-refractivity contribution in [2.45, 2.75) is 44.4 Å². The Balaban J connectivity index is 1.82. The minimum Gasteiger partial charge on any atom is -0.240 e. The third kappa shape index (κ3) is 4.06. The van der Waals surface area contributed by atoms with Gasteiger partial charge in [-0.25, -0.2) is 18.1 Å². The minimum absolute atomic E-state index is 0.294. The van der Waals surface area contributed by atoms with Gasteiger partial charge in [0.2, 0.25) is 0 Å². The molecule has 0 aliphatic rings. The largest absolute Gasteiger partial charge is 0.250 e. The van der Waals surface area contributed by atoms with Crippen molar-refractivity contribution in [2.24, 2.45) is 0 Å². The summed E-state index contributed by atoms with van der Waals surface area (Å²) in [6, 6.07) is 9.25. The number of aryl methyl sites for hydroxylation is 3. The lowest BCUT2D eigenvalue weighted by Gasteiger charge is -2.16. The van der Waals surface area contributed by atoms with Crippen LogP contribution in [-0.2, 0) is 16.4 Å². The Bertz CT molecular complexity index is 1020. The highest BCUT2D eigenvalue weighted by Crippen LogP contribution is 2.33. The van der Waals surface area contributed by atoms with Crippen molar-refractivity contribution in [2.75, 3.05) is 0 Å². The first-order valence-electron chi connectivity index (χ1n) is 8.44. The number of thiophene rings is 1. The fourth-order valence-electron chi connectivity index (χ4n) is 2.83. The molecule has 1 atom stereocenters. The van der Waals surface area contributed by atoms with Crippen molar-refractivity contribution in [1.82, 2.24) is 9.71 Å². The van der Waals surface area contributed by atoms with Gasteiger partial charge in [-0.15, -0.1) is 22.7 Å². The summed E-state index contributed by atoms with van der Waals surface area (Å²) in [5.74, 6) is 0. The summed E-state index contributed by atoms with van der Waals surface area (Å²) in [6.45, 7) is 7.96. The van der Waals surface area contributed by atoms with Gasteiger partial charge in [0, 0.05) is 11.4 Å². The number of thiazole rings is 1. The first-order valence-corrected chi connectivity index (χ1v) is 11.6. The predicted molar refractivity (Wildman–Crippen MR) is 109 cm³/mol. The van der Waals surface area contributed by atoms with E-state index in [1.165, 1.54) is 16.9 Å². The van der Waals surface area contributed by atoms with Crippen molar-refractivity contribution in [3.8, 4) is 9.88 Å². The Labute approximate surface area is 163 Å². The molecule has 0 saturated carbocycles. The summed E-state index contributed by atoms with van der Waals surface area (Å²) in [4.78, 5) is 5.42. The summed E-state index contributed by atoms with van der Waals surface area (Å²) in [6.07, 6.45) is 0.877. The Kier molecular flexibility index (Phi) is 5.62.